The van der Waals surface area contributed by atoms with Crippen molar-refractivity contribution in [3.8, 4) is 16.3 Å². The van der Waals surface area contributed by atoms with E-state index in [1.54, 1.807) is 11.3 Å². The lowest BCUT2D eigenvalue weighted by molar-refractivity contribution is 0.0699. The Kier molecular flexibility index (Phi) is 4.21. The molecule has 1 saturated heterocycles. The third-order valence-corrected chi connectivity index (χ3v) is 7.27. The zero-order valence-electron chi connectivity index (χ0n) is 17.3. The van der Waals surface area contributed by atoms with Gasteiger partial charge in [-0.25, -0.2) is 4.68 Å². The maximum atomic E-state index is 13.8. The van der Waals surface area contributed by atoms with Gasteiger partial charge in [0.2, 0.25) is 0 Å². The second-order valence-corrected chi connectivity index (χ2v) is 10.7. The molecule has 2 aliphatic rings. The molecule has 2 aromatic heterocycles. The summed E-state index contributed by atoms with van der Waals surface area (Å²) in [5.74, 6) is 0.107. The molecule has 2 atom stereocenters. The highest BCUT2D eigenvalue weighted by Crippen LogP contribution is 2.52. The van der Waals surface area contributed by atoms with Gasteiger partial charge in [0.15, 0.2) is 0 Å². The van der Waals surface area contributed by atoms with Crippen LogP contribution >= 0.6 is 11.3 Å². The number of thiophene rings is 1. The molecule has 0 spiro atoms. The number of nitrogens with zero attached hydrogens (tertiary/aromatic N) is 3. The minimum atomic E-state index is 0.107. The summed E-state index contributed by atoms with van der Waals surface area (Å²) in [7, 11) is 0. The molecule has 1 saturated carbocycles. The number of carbonyl (C=O) groups excluding carboxylic acids is 1. The molecule has 3 aromatic rings. The van der Waals surface area contributed by atoms with Crippen LogP contribution in [0.3, 0.4) is 0 Å². The van der Waals surface area contributed by atoms with Crippen LogP contribution in [0.25, 0.3) is 16.3 Å². The number of likely N-dealkylation sites (tertiary alicyclic amines) is 1. The van der Waals surface area contributed by atoms with Crippen LogP contribution in [-0.2, 0) is 0 Å². The smallest absolute Gasteiger partial charge is 0.272 e. The van der Waals surface area contributed by atoms with Gasteiger partial charge in [0, 0.05) is 12.6 Å². The summed E-state index contributed by atoms with van der Waals surface area (Å²) < 4.78 is 1.83. The van der Waals surface area contributed by atoms with E-state index in [2.05, 4.69) is 31.7 Å². The number of carbonyl (C=O) groups is 1. The zero-order valence-corrected chi connectivity index (χ0v) is 18.1. The minimum Gasteiger partial charge on any atom is -0.334 e. The molecule has 1 aliphatic heterocycles. The number of aromatic nitrogens is 2. The summed E-state index contributed by atoms with van der Waals surface area (Å²) in [5, 5.41) is 6.87. The highest BCUT2D eigenvalue weighted by Gasteiger charge is 2.51. The Balaban J connectivity index is 1.56. The molecule has 5 rings (SSSR count). The number of benzene rings is 1. The molecule has 5 heteroatoms. The van der Waals surface area contributed by atoms with Gasteiger partial charge in [-0.3, -0.25) is 4.79 Å². The first-order valence-electron chi connectivity index (χ1n) is 10.3. The Bertz CT molecular complexity index is 1040. The number of fused-ring (bicyclic) bond motifs is 2. The van der Waals surface area contributed by atoms with Gasteiger partial charge >= 0.3 is 0 Å². The summed E-state index contributed by atoms with van der Waals surface area (Å²) >= 11 is 1.65. The van der Waals surface area contributed by atoms with E-state index in [0.29, 0.717) is 11.7 Å². The minimum absolute atomic E-state index is 0.107. The van der Waals surface area contributed by atoms with E-state index < -0.39 is 0 Å². The van der Waals surface area contributed by atoms with Crippen molar-refractivity contribution >= 4 is 17.2 Å². The van der Waals surface area contributed by atoms with Crippen molar-refractivity contribution in [1.82, 2.24) is 14.7 Å². The summed E-state index contributed by atoms with van der Waals surface area (Å²) in [5.41, 5.74) is 2.95. The van der Waals surface area contributed by atoms with Crippen molar-refractivity contribution in [2.24, 2.45) is 10.8 Å². The molecule has 0 N–H and O–H groups in total. The number of hydrogen-bond donors (Lipinski definition) is 0. The van der Waals surface area contributed by atoms with E-state index in [0.717, 1.165) is 35.6 Å². The van der Waals surface area contributed by atoms with Crippen molar-refractivity contribution in [3.05, 3.63) is 59.6 Å². The summed E-state index contributed by atoms with van der Waals surface area (Å²) in [6.45, 7) is 7.87. The lowest BCUT2D eigenvalue weighted by Gasteiger charge is -2.39. The van der Waals surface area contributed by atoms with Gasteiger partial charge in [0.05, 0.1) is 10.6 Å². The van der Waals surface area contributed by atoms with E-state index in [1.807, 2.05) is 52.5 Å². The van der Waals surface area contributed by atoms with Crippen molar-refractivity contribution in [2.75, 3.05) is 6.54 Å². The van der Waals surface area contributed by atoms with Gasteiger partial charge in [-0.2, -0.15) is 5.10 Å². The first-order chi connectivity index (χ1) is 13.8. The van der Waals surface area contributed by atoms with Crippen LogP contribution in [0.5, 0.6) is 0 Å². The third-order valence-electron chi connectivity index (χ3n) is 6.38. The Morgan fingerprint density at radius 1 is 1.10 bits per heavy atom. The fourth-order valence-corrected chi connectivity index (χ4v) is 6.37. The van der Waals surface area contributed by atoms with Gasteiger partial charge in [0.1, 0.15) is 11.4 Å². The van der Waals surface area contributed by atoms with E-state index in [-0.39, 0.29) is 16.7 Å². The standard InChI is InChI=1S/C24H27N3OS/c1-23(2)13-18-14-24(3,15-23)16-26(18)22(28)20-12-19(21-10-7-11-29-21)25-27(20)17-8-5-4-6-9-17/h4-12,18H,13-16H2,1-3H3/t18-,24-/m1/s1. The van der Waals surface area contributed by atoms with Crippen LogP contribution in [0, 0.1) is 10.8 Å². The predicted octanol–water partition coefficient (Wildman–Crippen LogP) is 5.64. The largest absolute Gasteiger partial charge is 0.334 e. The maximum absolute atomic E-state index is 13.8. The third kappa shape index (κ3) is 3.31. The first-order valence-corrected chi connectivity index (χ1v) is 11.2. The molecule has 4 nitrogen and oxygen atoms in total. The number of amides is 1. The van der Waals surface area contributed by atoms with Gasteiger partial charge in [0.25, 0.3) is 5.91 Å². The van der Waals surface area contributed by atoms with Crippen LogP contribution in [-0.4, -0.2) is 33.2 Å². The molecule has 1 amide bonds. The highest BCUT2D eigenvalue weighted by molar-refractivity contribution is 7.13. The van der Waals surface area contributed by atoms with Crippen molar-refractivity contribution in [3.63, 3.8) is 0 Å². The molecule has 3 heterocycles. The number of hydrogen-bond acceptors (Lipinski definition) is 3. The van der Waals surface area contributed by atoms with E-state index in [4.69, 9.17) is 5.10 Å². The van der Waals surface area contributed by atoms with Crippen LogP contribution in [0.2, 0.25) is 0 Å². The van der Waals surface area contributed by atoms with E-state index in [1.165, 1.54) is 6.42 Å². The molecule has 1 aromatic carbocycles. The normalized spacial score (nSPS) is 25.3. The molecule has 0 radical (unpaired) electrons. The zero-order chi connectivity index (χ0) is 20.2. The average Bonchev–Trinajstić information content (AvgIpc) is 3.38. The fourth-order valence-electron chi connectivity index (χ4n) is 5.69. The van der Waals surface area contributed by atoms with Crippen molar-refractivity contribution < 1.29 is 4.79 Å². The Hall–Kier alpha value is -2.40. The maximum Gasteiger partial charge on any atom is 0.272 e. The highest BCUT2D eigenvalue weighted by atomic mass is 32.1. The van der Waals surface area contributed by atoms with E-state index >= 15 is 0 Å². The average molecular weight is 406 g/mol. The van der Waals surface area contributed by atoms with Gasteiger partial charge < -0.3 is 4.90 Å². The van der Waals surface area contributed by atoms with Crippen LogP contribution in [0.15, 0.2) is 53.9 Å². The Morgan fingerprint density at radius 2 is 1.90 bits per heavy atom. The molecule has 29 heavy (non-hydrogen) atoms. The fraction of sp³-hybridized carbons (Fsp3) is 0.417. The number of rotatable bonds is 3. The van der Waals surface area contributed by atoms with Crippen LogP contribution in [0.1, 0.15) is 50.5 Å². The second-order valence-electron chi connectivity index (χ2n) is 9.79. The van der Waals surface area contributed by atoms with Crippen molar-refractivity contribution in [2.45, 2.75) is 46.1 Å². The SMILES string of the molecule is CC1(C)C[C@@H]2C[C@@](C)(CN2C(=O)c2cc(-c3cccs3)nn2-c2ccccc2)C1. The van der Waals surface area contributed by atoms with Crippen LogP contribution < -0.4 is 0 Å². The lowest BCUT2D eigenvalue weighted by atomic mass is 9.65. The Labute approximate surface area is 176 Å². The topological polar surface area (TPSA) is 38.1 Å². The molecule has 150 valence electrons. The monoisotopic (exact) mass is 405 g/mol. The second kappa shape index (κ2) is 6.56. The van der Waals surface area contributed by atoms with Crippen molar-refractivity contribution in [1.29, 1.82) is 0 Å². The molecule has 1 aliphatic carbocycles. The van der Waals surface area contributed by atoms with Gasteiger partial charge in [-0.1, -0.05) is 45.0 Å². The number of para-hydroxylation sites is 1. The molecular weight excluding hydrogens is 378 g/mol. The van der Waals surface area contributed by atoms with Crippen LogP contribution in [0.4, 0.5) is 0 Å². The summed E-state index contributed by atoms with van der Waals surface area (Å²) in [4.78, 5) is 17.0. The molecule has 2 bridgehead atoms. The Morgan fingerprint density at radius 3 is 2.62 bits per heavy atom. The van der Waals surface area contributed by atoms with Gasteiger partial charge in [-0.15, -0.1) is 11.3 Å². The predicted molar refractivity (Wildman–Crippen MR) is 117 cm³/mol. The summed E-state index contributed by atoms with van der Waals surface area (Å²) in [6.07, 6.45) is 3.36. The first kappa shape index (κ1) is 18.6. The molecule has 2 fully saturated rings. The molecule has 0 unspecified atom stereocenters. The van der Waals surface area contributed by atoms with E-state index in [9.17, 15) is 4.79 Å². The van der Waals surface area contributed by atoms with Gasteiger partial charge in [-0.05, 0) is 59.7 Å². The quantitative estimate of drug-likeness (QED) is 0.565. The lowest BCUT2D eigenvalue weighted by Crippen LogP contribution is -2.38. The molecular formula is C24H27N3OS. The summed E-state index contributed by atoms with van der Waals surface area (Å²) in [6, 6.07) is 16.4.